The number of nitrogens with one attached hydrogen (secondary N) is 1. The fourth-order valence-corrected chi connectivity index (χ4v) is 7.97. The lowest BCUT2D eigenvalue weighted by Crippen LogP contribution is -2.64. The Morgan fingerprint density at radius 3 is 2.63 bits per heavy atom. The van der Waals surface area contributed by atoms with Crippen molar-refractivity contribution in [2.24, 2.45) is 17.8 Å². The second-order valence-electron chi connectivity index (χ2n) is 12.8. The van der Waals surface area contributed by atoms with Gasteiger partial charge in [-0.2, -0.15) is 0 Å². The van der Waals surface area contributed by atoms with Crippen molar-refractivity contribution in [3.63, 3.8) is 0 Å². The monoisotopic (exact) mass is 557 g/mol. The number of fused-ring (bicyclic) bond motifs is 1. The number of quaternary nitrogens is 1. The van der Waals surface area contributed by atoms with Gasteiger partial charge < -0.3 is 14.5 Å². The first-order valence-corrected chi connectivity index (χ1v) is 15.2. The molecule has 6 heteroatoms. The first-order chi connectivity index (χ1) is 18.2. The molecule has 1 heterocycles. The summed E-state index contributed by atoms with van der Waals surface area (Å²) >= 11 is 12.3. The summed E-state index contributed by atoms with van der Waals surface area (Å²) in [4.78, 5) is 13.1. The van der Waals surface area contributed by atoms with E-state index in [1.807, 2.05) is 12.1 Å². The largest absolute Gasteiger partial charge is 0.497 e. The summed E-state index contributed by atoms with van der Waals surface area (Å²) in [6, 6.07) is 14.4. The minimum atomic E-state index is 0.0575. The zero-order chi connectivity index (χ0) is 26.9. The van der Waals surface area contributed by atoms with E-state index in [4.69, 9.17) is 27.9 Å². The average molecular weight is 559 g/mol. The number of amides is 1. The van der Waals surface area contributed by atoms with Crippen LogP contribution in [0.15, 0.2) is 42.5 Å². The van der Waals surface area contributed by atoms with Gasteiger partial charge in [0, 0.05) is 35.6 Å². The van der Waals surface area contributed by atoms with Crippen molar-refractivity contribution in [1.82, 2.24) is 5.32 Å². The number of carbonyl (C=O) groups is 1. The van der Waals surface area contributed by atoms with Crippen molar-refractivity contribution >= 4 is 29.1 Å². The maximum Gasteiger partial charge on any atom is 0.224 e. The zero-order valence-electron chi connectivity index (χ0n) is 23.1. The van der Waals surface area contributed by atoms with Crippen molar-refractivity contribution in [2.75, 3.05) is 33.3 Å². The maximum absolute atomic E-state index is 13.1. The Morgan fingerprint density at radius 1 is 1.11 bits per heavy atom. The molecule has 0 aromatic heterocycles. The summed E-state index contributed by atoms with van der Waals surface area (Å²) in [5.41, 5.74) is 2.34. The fourth-order valence-electron chi connectivity index (χ4n) is 7.65. The molecule has 1 unspecified atom stereocenters. The van der Waals surface area contributed by atoms with Crippen LogP contribution in [-0.2, 0) is 16.6 Å². The Kier molecular flexibility index (Phi) is 8.33. The smallest absolute Gasteiger partial charge is 0.224 e. The molecule has 2 aromatic carbocycles. The molecule has 3 aliphatic rings. The molecule has 3 fully saturated rings. The molecule has 0 bridgehead atoms. The molecule has 4 atom stereocenters. The lowest BCUT2D eigenvalue weighted by Gasteiger charge is -2.57. The Labute approximate surface area is 238 Å². The molecule has 206 valence electrons. The van der Waals surface area contributed by atoms with Gasteiger partial charge in [0.15, 0.2) is 0 Å². The third-order valence-corrected chi connectivity index (χ3v) is 10.1. The lowest BCUT2D eigenvalue weighted by molar-refractivity contribution is -0.942. The predicted molar refractivity (Wildman–Crippen MR) is 156 cm³/mol. The van der Waals surface area contributed by atoms with E-state index in [-0.39, 0.29) is 17.4 Å². The molecule has 0 spiro atoms. The summed E-state index contributed by atoms with van der Waals surface area (Å²) in [7, 11) is 1.75. The first-order valence-electron chi connectivity index (χ1n) is 14.4. The molecule has 5 rings (SSSR count). The van der Waals surface area contributed by atoms with Gasteiger partial charge in [-0.15, -0.1) is 0 Å². The Morgan fingerprint density at radius 2 is 1.92 bits per heavy atom. The number of rotatable bonds is 9. The third kappa shape index (κ3) is 6.18. The molecular weight excluding hydrogens is 515 g/mol. The van der Waals surface area contributed by atoms with E-state index >= 15 is 0 Å². The van der Waals surface area contributed by atoms with E-state index in [1.54, 1.807) is 19.2 Å². The van der Waals surface area contributed by atoms with Crippen LogP contribution < -0.4 is 10.1 Å². The molecule has 1 N–H and O–H groups in total. The number of ether oxygens (including phenoxy) is 1. The van der Waals surface area contributed by atoms with Crippen LogP contribution in [0.5, 0.6) is 5.75 Å². The Bertz CT molecular complexity index is 1140. The SMILES string of the molecule is COc1cccc([C@]23CC[N@+](CC(C)C)(CC4CC4)CC2CC[C@@H](NC(=O)Cc2ccc(Cl)c(Cl)c2)C3)c1. The maximum atomic E-state index is 13.1. The van der Waals surface area contributed by atoms with E-state index < -0.39 is 0 Å². The number of methoxy groups -OCH3 is 1. The summed E-state index contributed by atoms with van der Waals surface area (Å²) in [5.74, 6) is 3.23. The summed E-state index contributed by atoms with van der Waals surface area (Å²) in [6.07, 6.45) is 7.49. The quantitative estimate of drug-likeness (QED) is 0.335. The lowest BCUT2D eigenvalue weighted by atomic mass is 9.57. The highest BCUT2D eigenvalue weighted by Gasteiger charge is 2.54. The van der Waals surface area contributed by atoms with Gasteiger partial charge in [0.25, 0.3) is 0 Å². The standard InChI is InChI=1S/C32H42Cl2N2O2/c1-22(2)19-36(20-23-7-8-23)14-13-32(25-5-4-6-28(17-25)38-3)18-27(11-10-26(32)21-36)35-31(37)16-24-9-12-29(33)30(34)15-24/h4-6,9,12,15,17,22-23,26-27H,7-8,10-11,13-14,16,18-21H2,1-3H3/p+1/t26?,27-,32-,36+/m1/s1. The van der Waals surface area contributed by atoms with Crippen molar-refractivity contribution < 1.29 is 14.0 Å². The topological polar surface area (TPSA) is 38.3 Å². The molecule has 2 saturated carbocycles. The number of halogens is 2. The van der Waals surface area contributed by atoms with Crippen LogP contribution >= 0.6 is 23.2 Å². The van der Waals surface area contributed by atoms with Gasteiger partial charge in [0.05, 0.1) is 49.8 Å². The van der Waals surface area contributed by atoms with Crippen LogP contribution in [-0.4, -0.2) is 49.7 Å². The average Bonchev–Trinajstić information content (AvgIpc) is 3.69. The van der Waals surface area contributed by atoms with Crippen LogP contribution in [0, 0.1) is 17.8 Å². The van der Waals surface area contributed by atoms with E-state index in [0.29, 0.717) is 28.3 Å². The number of carbonyl (C=O) groups excluding carboxylic acids is 1. The van der Waals surface area contributed by atoms with Gasteiger partial charge in [0.2, 0.25) is 5.91 Å². The van der Waals surface area contributed by atoms with E-state index in [0.717, 1.165) is 36.5 Å². The summed E-state index contributed by atoms with van der Waals surface area (Å²) in [6.45, 7) is 9.90. The molecule has 1 saturated heterocycles. The van der Waals surface area contributed by atoms with Crippen molar-refractivity contribution in [2.45, 2.75) is 70.3 Å². The minimum absolute atomic E-state index is 0.0575. The second-order valence-corrected chi connectivity index (χ2v) is 13.6. The molecule has 0 radical (unpaired) electrons. The minimum Gasteiger partial charge on any atom is -0.497 e. The Balaban J connectivity index is 1.37. The van der Waals surface area contributed by atoms with Crippen molar-refractivity contribution in [3.05, 3.63) is 63.6 Å². The highest BCUT2D eigenvalue weighted by atomic mass is 35.5. The normalized spacial score (nSPS) is 29.1. The molecule has 1 aliphatic heterocycles. The van der Waals surface area contributed by atoms with E-state index in [2.05, 4.69) is 37.4 Å². The van der Waals surface area contributed by atoms with E-state index in [9.17, 15) is 4.79 Å². The highest BCUT2D eigenvalue weighted by Crippen LogP contribution is 2.52. The zero-order valence-corrected chi connectivity index (χ0v) is 24.7. The second kappa shape index (κ2) is 11.4. The first kappa shape index (κ1) is 27.8. The number of hydrogen-bond donors (Lipinski definition) is 1. The van der Waals surface area contributed by atoms with Gasteiger partial charge in [-0.1, -0.05) is 55.2 Å². The number of hydrogen-bond acceptors (Lipinski definition) is 2. The number of likely N-dealkylation sites (tertiary alicyclic amines) is 1. The summed E-state index contributed by atoms with van der Waals surface area (Å²) < 4.78 is 6.94. The van der Waals surface area contributed by atoms with Crippen molar-refractivity contribution in [1.29, 1.82) is 0 Å². The van der Waals surface area contributed by atoms with Gasteiger partial charge in [-0.05, 0) is 67.5 Å². The van der Waals surface area contributed by atoms with E-state index in [1.165, 1.54) is 55.5 Å². The molecule has 2 aliphatic carbocycles. The predicted octanol–water partition coefficient (Wildman–Crippen LogP) is 7.05. The van der Waals surface area contributed by atoms with Crippen LogP contribution in [0.2, 0.25) is 10.0 Å². The highest BCUT2D eigenvalue weighted by molar-refractivity contribution is 6.42. The fraction of sp³-hybridized carbons (Fsp3) is 0.594. The van der Waals surface area contributed by atoms with Gasteiger partial charge >= 0.3 is 0 Å². The Hall–Kier alpha value is -1.75. The third-order valence-electron chi connectivity index (χ3n) is 9.35. The van der Waals surface area contributed by atoms with Crippen molar-refractivity contribution in [3.8, 4) is 5.75 Å². The molecule has 2 aromatic rings. The molecule has 1 amide bonds. The van der Waals surface area contributed by atoms with Crippen LogP contribution in [0.1, 0.15) is 63.5 Å². The number of nitrogens with zero attached hydrogens (tertiary/aromatic N) is 1. The van der Waals surface area contributed by atoms with Gasteiger partial charge in [-0.25, -0.2) is 0 Å². The number of piperidine rings is 1. The van der Waals surface area contributed by atoms with Gasteiger partial charge in [0.1, 0.15) is 5.75 Å². The van der Waals surface area contributed by atoms with Crippen LogP contribution in [0.25, 0.3) is 0 Å². The number of benzene rings is 2. The molecule has 4 nitrogen and oxygen atoms in total. The van der Waals surface area contributed by atoms with Crippen LogP contribution in [0.3, 0.4) is 0 Å². The summed E-state index contributed by atoms with van der Waals surface area (Å²) in [5, 5.41) is 4.41. The van der Waals surface area contributed by atoms with Gasteiger partial charge in [-0.3, -0.25) is 4.79 Å². The molecule has 38 heavy (non-hydrogen) atoms. The molecular formula is C32H43Cl2N2O2+. The van der Waals surface area contributed by atoms with Crippen LogP contribution in [0.4, 0.5) is 0 Å².